The van der Waals surface area contributed by atoms with Gasteiger partial charge in [0.25, 0.3) is 11.1 Å². The lowest BCUT2D eigenvalue weighted by molar-refractivity contribution is -0.142. The molecule has 0 unspecified atom stereocenters. The van der Waals surface area contributed by atoms with Crippen LogP contribution >= 0.6 is 23.5 Å². The number of pyridine rings is 2. The van der Waals surface area contributed by atoms with Gasteiger partial charge in [0.1, 0.15) is 47.7 Å². The molecule has 0 aliphatic carbocycles. The third-order valence-electron chi connectivity index (χ3n) is 9.74. The molecule has 2 aliphatic heterocycles. The van der Waals surface area contributed by atoms with E-state index in [0.717, 1.165) is 0 Å². The summed E-state index contributed by atoms with van der Waals surface area (Å²) in [5.41, 5.74) is -1.14. The lowest BCUT2D eigenvalue weighted by Crippen LogP contribution is -2.51. The van der Waals surface area contributed by atoms with Crippen LogP contribution in [0.4, 0.5) is 16.2 Å². The molecule has 19 nitrogen and oxygen atoms in total. The van der Waals surface area contributed by atoms with Crippen molar-refractivity contribution in [3.8, 4) is 0 Å². The van der Waals surface area contributed by atoms with Crippen molar-refractivity contribution in [3.63, 3.8) is 0 Å². The molecule has 64 heavy (non-hydrogen) atoms. The van der Waals surface area contributed by atoms with Gasteiger partial charge in [0.2, 0.25) is 29.5 Å². The number of anilines is 2. The van der Waals surface area contributed by atoms with E-state index in [0.29, 0.717) is 21.2 Å². The van der Waals surface area contributed by atoms with Gasteiger partial charge in [-0.2, -0.15) is 0 Å². The Balaban J connectivity index is 1.09. The van der Waals surface area contributed by atoms with E-state index < -0.39 is 95.6 Å². The maximum atomic E-state index is 13.9. The molecule has 0 radical (unpaired) electrons. The third-order valence-corrected chi connectivity index (χ3v) is 12.0. The highest BCUT2D eigenvalue weighted by atomic mass is 32.2. The first-order valence-electron chi connectivity index (χ1n) is 20.0. The molecule has 2 aromatic carbocycles. The van der Waals surface area contributed by atoms with E-state index in [2.05, 4.69) is 31.9 Å². The van der Waals surface area contributed by atoms with Crippen LogP contribution in [0.3, 0.4) is 0 Å². The number of hydrogen-bond acceptors (Lipinski definition) is 12. The lowest BCUT2D eigenvalue weighted by Gasteiger charge is -2.22. The molecule has 2 aromatic heterocycles. The van der Waals surface area contributed by atoms with Crippen molar-refractivity contribution in [2.45, 2.75) is 73.4 Å². The number of alkyl carbamates (subject to hydrolysis) is 1. The maximum absolute atomic E-state index is 13.9. The molecule has 4 heterocycles. The third kappa shape index (κ3) is 12.0. The standard InChI is InChI=1S/C43H46N8O11S2/c1-43(2,3)62-42(61)45-21-33(53)47-27-15-17-34-50(40(27)58)30(22-63-34)37(55)48-28(18-24-10-6-4-7-11-24)36(54)44-20-32(52)46-26-14-16-35-51(39(26)57)31(23-64-35)38(56)49-29(41(59)60)19-25-12-8-5-9-13-25/h4-17,28-31H,18-23H2,1-3H3,(H,44,54)(H,45,61)(H,46,52)(H,47,53)(H,48,55)(H,49,56)(H,59,60)/t28-,29-,30-,31-/m0/s1. The van der Waals surface area contributed by atoms with Gasteiger partial charge in [0, 0.05) is 24.3 Å². The van der Waals surface area contributed by atoms with Crippen LogP contribution in [0.15, 0.2) is 105 Å². The Morgan fingerprint density at radius 2 is 1.09 bits per heavy atom. The monoisotopic (exact) mass is 914 g/mol. The Bertz CT molecular complexity index is 2560. The predicted molar refractivity (Wildman–Crippen MR) is 237 cm³/mol. The van der Waals surface area contributed by atoms with Gasteiger partial charge >= 0.3 is 12.1 Å². The maximum Gasteiger partial charge on any atom is 0.408 e. The van der Waals surface area contributed by atoms with Gasteiger partial charge in [-0.15, -0.1) is 23.5 Å². The molecule has 2 aliphatic rings. The van der Waals surface area contributed by atoms with E-state index in [4.69, 9.17) is 4.74 Å². The first-order valence-corrected chi connectivity index (χ1v) is 22.0. The normalized spacial score (nSPS) is 15.9. The summed E-state index contributed by atoms with van der Waals surface area (Å²) in [6, 6.07) is 18.7. The minimum atomic E-state index is -1.26. The van der Waals surface area contributed by atoms with Gasteiger partial charge < -0.3 is 41.7 Å². The van der Waals surface area contributed by atoms with Crippen molar-refractivity contribution >= 4 is 76.5 Å². The van der Waals surface area contributed by atoms with E-state index in [-0.39, 0.29) is 35.7 Å². The zero-order chi connectivity index (χ0) is 46.1. The fourth-order valence-electron chi connectivity index (χ4n) is 6.74. The van der Waals surface area contributed by atoms with Crippen LogP contribution in [0.1, 0.15) is 44.0 Å². The highest BCUT2D eigenvalue weighted by Gasteiger charge is 2.35. The van der Waals surface area contributed by atoms with Crippen molar-refractivity contribution in [1.82, 2.24) is 30.4 Å². The number of amides is 6. The van der Waals surface area contributed by atoms with Crippen molar-refractivity contribution in [1.29, 1.82) is 0 Å². The molecule has 336 valence electrons. The van der Waals surface area contributed by atoms with Gasteiger partial charge in [0.15, 0.2) is 0 Å². The van der Waals surface area contributed by atoms with Crippen LogP contribution in [-0.2, 0) is 46.3 Å². The summed E-state index contributed by atoms with van der Waals surface area (Å²) in [6.07, 6.45) is -0.796. The molecule has 21 heteroatoms. The fourth-order valence-corrected chi connectivity index (χ4v) is 9.03. The van der Waals surface area contributed by atoms with Gasteiger partial charge in [-0.3, -0.25) is 42.7 Å². The summed E-state index contributed by atoms with van der Waals surface area (Å²) < 4.78 is 7.52. The van der Waals surface area contributed by atoms with Crippen LogP contribution < -0.4 is 43.0 Å². The highest BCUT2D eigenvalue weighted by molar-refractivity contribution is 7.99. The summed E-state index contributed by atoms with van der Waals surface area (Å²) in [4.78, 5) is 118. The van der Waals surface area contributed by atoms with Crippen molar-refractivity contribution in [2.24, 2.45) is 0 Å². The van der Waals surface area contributed by atoms with Crippen molar-refractivity contribution in [3.05, 3.63) is 117 Å². The second-order valence-electron chi connectivity index (χ2n) is 15.7. The largest absolute Gasteiger partial charge is 0.480 e. The van der Waals surface area contributed by atoms with Crippen LogP contribution in [-0.4, -0.2) is 98.1 Å². The second-order valence-corrected chi connectivity index (χ2v) is 17.8. The second kappa shape index (κ2) is 20.5. The summed E-state index contributed by atoms with van der Waals surface area (Å²) in [5, 5.41) is 25.7. The van der Waals surface area contributed by atoms with E-state index in [1.54, 1.807) is 93.6 Å². The van der Waals surface area contributed by atoms with Gasteiger partial charge in [0.05, 0.1) is 16.6 Å². The molecule has 0 spiro atoms. The Hall–Kier alpha value is -6.87. The average molecular weight is 915 g/mol. The van der Waals surface area contributed by atoms with Crippen LogP contribution in [0.25, 0.3) is 0 Å². The molecular formula is C43H46N8O11S2. The first kappa shape index (κ1) is 46.6. The number of ether oxygens (including phenoxy) is 1. The Morgan fingerprint density at radius 1 is 0.656 bits per heavy atom. The first-order chi connectivity index (χ1) is 30.5. The number of benzene rings is 2. The van der Waals surface area contributed by atoms with E-state index in [9.17, 15) is 48.3 Å². The van der Waals surface area contributed by atoms with Crippen LogP contribution in [0.5, 0.6) is 0 Å². The predicted octanol–water partition coefficient (Wildman–Crippen LogP) is 2.06. The molecule has 0 bridgehead atoms. The van der Waals surface area contributed by atoms with Crippen LogP contribution in [0, 0.1) is 0 Å². The van der Waals surface area contributed by atoms with Gasteiger partial charge in [-0.05, 0) is 56.2 Å². The van der Waals surface area contributed by atoms with E-state index in [1.807, 2.05) is 0 Å². The van der Waals surface area contributed by atoms with Crippen molar-refractivity contribution in [2.75, 3.05) is 35.2 Å². The fraction of sp³-hybridized carbons (Fsp3) is 0.326. The number of nitrogens with one attached hydrogen (secondary N) is 6. The Kier molecular flexibility index (Phi) is 15.0. The van der Waals surface area contributed by atoms with Crippen molar-refractivity contribution < 1.29 is 43.4 Å². The number of thioether (sulfide) groups is 2. The summed E-state index contributed by atoms with van der Waals surface area (Å²) in [5.74, 6) is -4.57. The summed E-state index contributed by atoms with van der Waals surface area (Å²) >= 11 is 2.44. The molecule has 4 aromatic rings. The Labute approximate surface area is 374 Å². The molecule has 0 fully saturated rings. The number of carboxylic acid groups (broad SMARTS) is 1. The number of nitrogens with zero attached hydrogens (tertiary/aromatic N) is 2. The number of aromatic nitrogens is 2. The zero-order valence-corrected chi connectivity index (χ0v) is 36.5. The van der Waals surface area contributed by atoms with E-state index >= 15 is 0 Å². The lowest BCUT2D eigenvalue weighted by atomic mass is 10.0. The topological polar surface area (TPSA) is 265 Å². The Morgan fingerprint density at radius 3 is 1.55 bits per heavy atom. The number of carbonyl (C=O) groups excluding carboxylic acids is 6. The zero-order valence-electron chi connectivity index (χ0n) is 34.9. The molecule has 0 saturated carbocycles. The minimum Gasteiger partial charge on any atom is -0.480 e. The smallest absolute Gasteiger partial charge is 0.408 e. The molecule has 7 N–H and O–H groups in total. The molecule has 4 atom stereocenters. The number of aliphatic carboxylic acids is 1. The number of carbonyl (C=O) groups is 7. The summed E-state index contributed by atoms with van der Waals surface area (Å²) in [6.45, 7) is 3.88. The molecule has 0 saturated heterocycles. The molecule has 6 amide bonds. The van der Waals surface area contributed by atoms with Gasteiger partial charge in [-0.1, -0.05) is 60.7 Å². The van der Waals surface area contributed by atoms with Crippen LogP contribution in [0.2, 0.25) is 0 Å². The SMILES string of the molecule is CC(C)(C)OC(=O)NCC(=O)Nc1ccc2n(c1=O)[C@H](C(=O)N[C@@H](Cc1ccccc1)C(=O)NCC(=O)Nc1ccc3n(c1=O)[C@H](C(=O)N[C@@H](Cc1ccccc1)C(=O)O)CS3)CS2. The number of carboxylic acids is 1. The van der Waals surface area contributed by atoms with Gasteiger partial charge in [-0.25, -0.2) is 9.59 Å². The number of fused-ring (bicyclic) bond motifs is 2. The highest BCUT2D eigenvalue weighted by Crippen LogP contribution is 2.33. The minimum absolute atomic E-state index is 0.00374. The molecule has 6 rings (SSSR count). The number of hydrogen-bond donors (Lipinski definition) is 7. The number of rotatable bonds is 16. The summed E-state index contributed by atoms with van der Waals surface area (Å²) in [7, 11) is 0. The molecular weight excluding hydrogens is 869 g/mol. The quantitative estimate of drug-likeness (QED) is 0.0850. The van der Waals surface area contributed by atoms with E-state index in [1.165, 1.54) is 44.8 Å². The average Bonchev–Trinajstić information content (AvgIpc) is 3.90.